The van der Waals surface area contributed by atoms with Gasteiger partial charge in [0.1, 0.15) is 0 Å². The minimum absolute atomic E-state index is 0.233. The average Bonchev–Trinajstić information content (AvgIpc) is 2.43. The number of nitrogens with zero attached hydrogens (tertiary/aromatic N) is 1. The second-order valence-corrected chi connectivity index (χ2v) is 7.11. The molecule has 0 radical (unpaired) electrons. The topological polar surface area (TPSA) is 86.7 Å². The van der Waals surface area contributed by atoms with Crippen LogP contribution >= 0.6 is 0 Å². The number of aryl methyl sites for hydroxylation is 2. The number of aliphatic carboxylic acids is 1. The molecule has 1 aromatic rings. The smallest absolute Gasteiger partial charge is 0.306 e. The van der Waals surface area contributed by atoms with Crippen LogP contribution in [-0.2, 0) is 15.0 Å². The second kappa shape index (κ2) is 6.03. The van der Waals surface area contributed by atoms with Crippen molar-refractivity contribution in [3.05, 3.63) is 29.3 Å². The number of benzene rings is 1. The van der Waals surface area contributed by atoms with Crippen LogP contribution in [-0.4, -0.2) is 36.9 Å². The Hall–Kier alpha value is -1.60. The van der Waals surface area contributed by atoms with E-state index in [0.29, 0.717) is 18.5 Å². The first kappa shape index (κ1) is 15.8. The van der Waals surface area contributed by atoms with Gasteiger partial charge in [0.2, 0.25) is 0 Å². The molecule has 1 aliphatic heterocycles. The third kappa shape index (κ3) is 3.74. The summed E-state index contributed by atoms with van der Waals surface area (Å²) in [5.74, 6) is -1.30. The Balaban J connectivity index is 2.09. The molecule has 2 N–H and O–H groups in total. The third-order valence-corrected chi connectivity index (χ3v) is 5.30. The highest BCUT2D eigenvalue weighted by Crippen LogP contribution is 2.23. The molecule has 21 heavy (non-hydrogen) atoms. The molecule has 1 aromatic carbocycles. The lowest BCUT2D eigenvalue weighted by Crippen LogP contribution is -2.43. The maximum atomic E-state index is 12.4. The zero-order valence-electron chi connectivity index (χ0n) is 12.2. The molecular formula is C14H20N2O4S. The van der Waals surface area contributed by atoms with Gasteiger partial charge in [0.05, 0.1) is 11.6 Å². The molecule has 0 saturated carbocycles. The molecule has 2 rings (SSSR count). The van der Waals surface area contributed by atoms with E-state index in [-0.39, 0.29) is 13.1 Å². The summed E-state index contributed by atoms with van der Waals surface area (Å²) in [7, 11) is -3.63. The average molecular weight is 312 g/mol. The van der Waals surface area contributed by atoms with Crippen molar-refractivity contribution >= 4 is 21.9 Å². The van der Waals surface area contributed by atoms with Gasteiger partial charge in [-0.2, -0.15) is 12.7 Å². The van der Waals surface area contributed by atoms with Crippen LogP contribution in [0.2, 0.25) is 0 Å². The highest BCUT2D eigenvalue weighted by Gasteiger charge is 2.31. The number of carboxylic acid groups (broad SMARTS) is 1. The minimum atomic E-state index is -3.63. The SMILES string of the molecule is Cc1ccc(C)c(NS(=O)(=O)N2CCC(C(=O)O)CC2)c1. The molecule has 6 nitrogen and oxygen atoms in total. The monoisotopic (exact) mass is 312 g/mol. The van der Waals surface area contributed by atoms with Gasteiger partial charge in [-0.15, -0.1) is 0 Å². The van der Waals surface area contributed by atoms with E-state index >= 15 is 0 Å². The molecule has 0 aliphatic carbocycles. The zero-order chi connectivity index (χ0) is 15.6. The Kier molecular flexibility index (Phi) is 4.53. The standard InChI is InChI=1S/C14H20N2O4S/c1-10-3-4-11(2)13(9-10)15-21(19,20)16-7-5-12(6-8-16)14(17)18/h3-4,9,12,15H,5-8H2,1-2H3,(H,17,18). The zero-order valence-corrected chi connectivity index (χ0v) is 13.0. The summed E-state index contributed by atoms with van der Waals surface area (Å²) < 4.78 is 28.6. The lowest BCUT2D eigenvalue weighted by atomic mass is 9.99. The van der Waals surface area contributed by atoms with E-state index in [1.807, 2.05) is 26.0 Å². The number of nitrogens with one attached hydrogen (secondary N) is 1. The van der Waals surface area contributed by atoms with Crippen LogP contribution in [0.5, 0.6) is 0 Å². The normalized spacial score (nSPS) is 17.6. The van der Waals surface area contributed by atoms with Gasteiger partial charge < -0.3 is 5.11 Å². The second-order valence-electron chi connectivity index (χ2n) is 5.44. The van der Waals surface area contributed by atoms with Crippen LogP contribution in [0, 0.1) is 19.8 Å². The number of rotatable bonds is 4. The Morgan fingerprint density at radius 3 is 2.48 bits per heavy atom. The first-order chi connectivity index (χ1) is 9.79. The first-order valence-electron chi connectivity index (χ1n) is 6.87. The summed E-state index contributed by atoms with van der Waals surface area (Å²) in [5, 5.41) is 8.95. The molecule has 0 amide bonds. The molecule has 0 atom stereocenters. The van der Waals surface area contributed by atoms with Crippen molar-refractivity contribution in [2.45, 2.75) is 26.7 Å². The predicted octanol–water partition coefficient (Wildman–Crippen LogP) is 1.76. The van der Waals surface area contributed by atoms with Crippen LogP contribution in [0.1, 0.15) is 24.0 Å². The van der Waals surface area contributed by atoms with Crippen molar-refractivity contribution in [1.29, 1.82) is 0 Å². The van der Waals surface area contributed by atoms with Crippen molar-refractivity contribution in [1.82, 2.24) is 4.31 Å². The summed E-state index contributed by atoms with van der Waals surface area (Å²) in [6.45, 7) is 4.21. The fourth-order valence-corrected chi connectivity index (χ4v) is 3.71. The summed E-state index contributed by atoms with van der Waals surface area (Å²) in [4.78, 5) is 10.9. The van der Waals surface area contributed by atoms with Crippen LogP contribution in [0.25, 0.3) is 0 Å². The molecule has 1 fully saturated rings. The van der Waals surface area contributed by atoms with Crippen molar-refractivity contribution in [3.8, 4) is 0 Å². The lowest BCUT2D eigenvalue weighted by molar-refractivity contribution is -0.142. The number of anilines is 1. The molecule has 0 unspecified atom stereocenters. The lowest BCUT2D eigenvalue weighted by Gasteiger charge is -2.29. The first-order valence-corrected chi connectivity index (χ1v) is 8.31. The van der Waals surface area contributed by atoms with E-state index in [4.69, 9.17) is 5.11 Å². The Morgan fingerprint density at radius 1 is 1.29 bits per heavy atom. The van der Waals surface area contributed by atoms with Gasteiger partial charge in [0.25, 0.3) is 0 Å². The highest BCUT2D eigenvalue weighted by molar-refractivity contribution is 7.90. The van der Waals surface area contributed by atoms with E-state index in [2.05, 4.69) is 4.72 Å². The summed E-state index contributed by atoms with van der Waals surface area (Å²) in [6, 6.07) is 5.58. The number of carbonyl (C=O) groups is 1. The maximum Gasteiger partial charge on any atom is 0.306 e. The molecule has 7 heteroatoms. The van der Waals surface area contributed by atoms with E-state index in [1.165, 1.54) is 4.31 Å². The van der Waals surface area contributed by atoms with E-state index in [9.17, 15) is 13.2 Å². The number of carboxylic acids is 1. The Labute approximate surface area is 125 Å². The number of hydrogen-bond donors (Lipinski definition) is 2. The van der Waals surface area contributed by atoms with Gasteiger partial charge in [-0.25, -0.2) is 0 Å². The molecule has 1 aliphatic rings. The summed E-state index contributed by atoms with van der Waals surface area (Å²) in [6.07, 6.45) is 0.700. The highest BCUT2D eigenvalue weighted by atomic mass is 32.2. The van der Waals surface area contributed by atoms with Crippen molar-refractivity contribution in [3.63, 3.8) is 0 Å². The van der Waals surface area contributed by atoms with E-state index in [0.717, 1.165) is 11.1 Å². The third-order valence-electron chi connectivity index (χ3n) is 3.78. The van der Waals surface area contributed by atoms with Gasteiger partial charge in [-0.05, 0) is 43.9 Å². The minimum Gasteiger partial charge on any atom is -0.481 e. The van der Waals surface area contributed by atoms with Crippen molar-refractivity contribution < 1.29 is 18.3 Å². The maximum absolute atomic E-state index is 12.4. The van der Waals surface area contributed by atoms with Crippen molar-refractivity contribution in [2.75, 3.05) is 17.8 Å². The molecule has 0 spiro atoms. The molecule has 116 valence electrons. The molecule has 0 bridgehead atoms. The fraction of sp³-hybridized carbons (Fsp3) is 0.500. The van der Waals surface area contributed by atoms with Gasteiger partial charge >= 0.3 is 16.2 Å². The van der Waals surface area contributed by atoms with Crippen LogP contribution in [0.15, 0.2) is 18.2 Å². The molecular weight excluding hydrogens is 292 g/mol. The molecule has 0 aromatic heterocycles. The van der Waals surface area contributed by atoms with Crippen molar-refractivity contribution in [2.24, 2.45) is 5.92 Å². The van der Waals surface area contributed by atoms with Gasteiger partial charge in [-0.1, -0.05) is 12.1 Å². The quantitative estimate of drug-likeness (QED) is 0.887. The number of hydrogen-bond acceptors (Lipinski definition) is 3. The van der Waals surface area contributed by atoms with Gasteiger partial charge in [0, 0.05) is 13.1 Å². The molecule has 1 saturated heterocycles. The predicted molar refractivity (Wildman–Crippen MR) is 80.4 cm³/mol. The summed E-state index contributed by atoms with van der Waals surface area (Å²) >= 11 is 0. The summed E-state index contributed by atoms with van der Waals surface area (Å²) in [5.41, 5.74) is 2.39. The fourth-order valence-electron chi connectivity index (χ4n) is 2.39. The van der Waals surface area contributed by atoms with Gasteiger partial charge in [0.15, 0.2) is 0 Å². The van der Waals surface area contributed by atoms with E-state index in [1.54, 1.807) is 6.07 Å². The molecule has 1 heterocycles. The van der Waals surface area contributed by atoms with Crippen LogP contribution < -0.4 is 4.72 Å². The number of piperidine rings is 1. The Bertz CT molecular complexity index is 634. The van der Waals surface area contributed by atoms with Crippen LogP contribution in [0.3, 0.4) is 0 Å². The van der Waals surface area contributed by atoms with Gasteiger partial charge in [-0.3, -0.25) is 9.52 Å². The largest absolute Gasteiger partial charge is 0.481 e. The van der Waals surface area contributed by atoms with Crippen LogP contribution in [0.4, 0.5) is 5.69 Å². The Morgan fingerprint density at radius 2 is 1.90 bits per heavy atom. The van der Waals surface area contributed by atoms with E-state index < -0.39 is 22.1 Å².